The number of anilines is 1. The molecule has 0 aliphatic carbocycles. The molecule has 3 rings (SSSR count). The average molecular weight is 397 g/mol. The number of halogens is 1. The molecule has 26 heavy (non-hydrogen) atoms. The van der Waals surface area contributed by atoms with Gasteiger partial charge >= 0.3 is 0 Å². The Morgan fingerprint density at radius 1 is 1.23 bits per heavy atom. The topological polar surface area (TPSA) is 93.7 Å². The molecule has 9 heteroatoms. The van der Waals surface area contributed by atoms with Crippen molar-refractivity contribution >= 4 is 33.2 Å². The van der Waals surface area contributed by atoms with Crippen LogP contribution in [0.15, 0.2) is 42.5 Å². The highest BCUT2D eigenvalue weighted by atomic mass is 35.5. The molecule has 7 nitrogen and oxygen atoms in total. The molecule has 1 atom stereocenters. The van der Waals surface area contributed by atoms with Crippen molar-refractivity contribution in [3.8, 4) is 11.5 Å². The van der Waals surface area contributed by atoms with Gasteiger partial charge in [-0.1, -0.05) is 23.7 Å². The minimum Gasteiger partial charge on any atom is -0.486 e. The molecule has 1 amide bonds. The zero-order valence-corrected chi connectivity index (χ0v) is 15.4. The number of nitrogens with one attached hydrogen (secondary N) is 2. The third kappa shape index (κ3) is 4.59. The van der Waals surface area contributed by atoms with E-state index in [0.717, 1.165) is 6.26 Å². The van der Waals surface area contributed by atoms with Gasteiger partial charge in [0.1, 0.15) is 12.7 Å². The number of rotatable bonds is 5. The fourth-order valence-electron chi connectivity index (χ4n) is 2.44. The molecular weight excluding hydrogens is 380 g/mol. The van der Waals surface area contributed by atoms with Crippen molar-refractivity contribution in [2.45, 2.75) is 6.10 Å². The van der Waals surface area contributed by atoms with Crippen LogP contribution in [0.2, 0.25) is 5.02 Å². The molecule has 0 saturated carbocycles. The summed E-state index contributed by atoms with van der Waals surface area (Å²) in [5.74, 6) is 0.919. The van der Waals surface area contributed by atoms with Gasteiger partial charge in [0, 0.05) is 5.69 Å². The second-order valence-corrected chi connectivity index (χ2v) is 7.93. The Labute approximate surface area is 156 Å². The van der Waals surface area contributed by atoms with Gasteiger partial charge in [-0.3, -0.25) is 9.52 Å². The van der Waals surface area contributed by atoms with E-state index in [4.69, 9.17) is 21.1 Å². The van der Waals surface area contributed by atoms with Crippen LogP contribution < -0.4 is 19.5 Å². The summed E-state index contributed by atoms with van der Waals surface area (Å²) in [6, 6.07) is 11.6. The van der Waals surface area contributed by atoms with Crippen molar-refractivity contribution in [1.29, 1.82) is 0 Å². The van der Waals surface area contributed by atoms with E-state index in [0.29, 0.717) is 18.1 Å². The number of fused-ring (bicyclic) bond motifs is 1. The Hall–Kier alpha value is -2.45. The van der Waals surface area contributed by atoms with Gasteiger partial charge in [0.05, 0.1) is 23.4 Å². The predicted octanol–water partition coefficient (Wildman–Crippen LogP) is 2.28. The van der Waals surface area contributed by atoms with E-state index >= 15 is 0 Å². The highest BCUT2D eigenvalue weighted by molar-refractivity contribution is 7.92. The minimum absolute atomic E-state index is 0.141. The summed E-state index contributed by atoms with van der Waals surface area (Å²) in [7, 11) is -3.42. The highest BCUT2D eigenvalue weighted by Gasteiger charge is 2.22. The number of hydrogen-bond acceptors (Lipinski definition) is 5. The van der Waals surface area contributed by atoms with E-state index in [2.05, 4.69) is 10.0 Å². The number of ether oxygens (including phenoxy) is 2. The van der Waals surface area contributed by atoms with Gasteiger partial charge in [-0.2, -0.15) is 0 Å². The van der Waals surface area contributed by atoms with Gasteiger partial charge in [0.15, 0.2) is 11.5 Å². The summed E-state index contributed by atoms with van der Waals surface area (Å²) in [4.78, 5) is 12.3. The van der Waals surface area contributed by atoms with Gasteiger partial charge in [0.2, 0.25) is 10.0 Å². The van der Waals surface area contributed by atoms with Crippen LogP contribution in [0, 0.1) is 0 Å². The number of amides is 1. The molecule has 2 aromatic carbocycles. The monoisotopic (exact) mass is 396 g/mol. The maximum atomic E-state index is 12.3. The van der Waals surface area contributed by atoms with E-state index in [1.807, 2.05) is 18.2 Å². The number of hydrogen-bond donors (Lipinski definition) is 2. The maximum absolute atomic E-state index is 12.3. The Balaban J connectivity index is 1.60. The smallest absolute Gasteiger partial charge is 0.252 e. The van der Waals surface area contributed by atoms with Gasteiger partial charge in [-0.15, -0.1) is 0 Å². The quantitative estimate of drug-likeness (QED) is 0.808. The number of sulfonamides is 1. The fourth-order valence-corrected chi connectivity index (χ4v) is 3.26. The SMILES string of the molecule is CS(=O)(=O)Nc1ccc(C(=O)NC[C@H]2COc3ccccc3O2)c(Cl)c1. The van der Waals surface area contributed by atoms with Crippen LogP contribution in [0.5, 0.6) is 11.5 Å². The summed E-state index contributed by atoms with van der Waals surface area (Å²) in [5.41, 5.74) is 0.525. The number of para-hydroxylation sites is 2. The van der Waals surface area contributed by atoms with Crippen molar-refractivity contribution in [3.05, 3.63) is 53.1 Å². The number of carbonyl (C=O) groups excluding carboxylic acids is 1. The van der Waals surface area contributed by atoms with Crippen molar-refractivity contribution in [1.82, 2.24) is 5.32 Å². The lowest BCUT2D eigenvalue weighted by Gasteiger charge is -2.26. The van der Waals surface area contributed by atoms with Gasteiger partial charge < -0.3 is 14.8 Å². The Bertz CT molecular complexity index is 933. The van der Waals surface area contributed by atoms with Gasteiger partial charge in [-0.05, 0) is 30.3 Å². The lowest BCUT2D eigenvalue weighted by molar-refractivity contribution is 0.0789. The summed E-state index contributed by atoms with van der Waals surface area (Å²) in [6.45, 7) is 0.565. The lowest BCUT2D eigenvalue weighted by Crippen LogP contribution is -2.40. The molecule has 2 aromatic rings. The lowest BCUT2D eigenvalue weighted by atomic mass is 10.2. The van der Waals surface area contributed by atoms with E-state index in [9.17, 15) is 13.2 Å². The van der Waals surface area contributed by atoms with E-state index in [1.165, 1.54) is 18.2 Å². The van der Waals surface area contributed by atoms with Crippen LogP contribution >= 0.6 is 11.6 Å². The normalized spacial score (nSPS) is 16.0. The minimum atomic E-state index is -3.42. The molecular formula is C17H17ClN2O5S. The Morgan fingerprint density at radius 3 is 2.65 bits per heavy atom. The second kappa shape index (κ2) is 7.43. The molecule has 2 N–H and O–H groups in total. The summed E-state index contributed by atoms with van der Waals surface area (Å²) < 4.78 is 36.1. The summed E-state index contributed by atoms with van der Waals surface area (Å²) in [5, 5.41) is 2.88. The Morgan fingerprint density at radius 2 is 1.96 bits per heavy atom. The van der Waals surface area contributed by atoms with E-state index < -0.39 is 10.0 Å². The first kappa shape index (κ1) is 18.3. The first-order valence-electron chi connectivity index (χ1n) is 7.76. The molecule has 138 valence electrons. The molecule has 0 aromatic heterocycles. The Kier molecular flexibility index (Phi) is 5.24. The summed E-state index contributed by atoms with van der Waals surface area (Å²) in [6.07, 6.45) is 0.713. The van der Waals surface area contributed by atoms with E-state index in [1.54, 1.807) is 6.07 Å². The van der Waals surface area contributed by atoms with Crippen molar-refractivity contribution in [2.24, 2.45) is 0 Å². The standard InChI is InChI=1S/C17H17ClN2O5S/c1-26(22,23)20-11-6-7-13(14(18)8-11)17(21)19-9-12-10-24-15-4-2-3-5-16(15)25-12/h2-8,12,20H,9-10H2,1H3,(H,19,21)/t12-/m0/s1. The van der Waals surface area contributed by atoms with Gasteiger partial charge in [-0.25, -0.2) is 8.42 Å². The zero-order valence-electron chi connectivity index (χ0n) is 13.9. The third-order valence-corrected chi connectivity index (χ3v) is 4.49. The van der Waals surface area contributed by atoms with Crippen molar-refractivity contribution in [2.75, 3.05) is 24.1 Å². The summed E-state index contributed by atoms with van der Waals surface area (Å²) >= 11 is 6.09. The van der Waals surface area contributed by atoms with Crippen LogP contribution in [0.4, 0.5) is 5.69 Å². The molecule has 1 aliphatic heterocycles. The molecule has 0 radical (unpaired) electrons. The van der Waals surface area contributed by atoms with Crippen LogP contribution in [0.25, 0.3) is 0 Å². The van der Waals surface area contributed by atoms with Crippen LogP contribution in [0.3, 0.4) is 0 Å². The molecule has 0 fully saturated rings. The molecule has 1 aliphatic rings. The first-order chi connectivity index (χ1) is 12.3. The average Bonchev–Trinajstić information content (AvgIpc) is 2.58. The molecule has 0 saturated heterocycles. The number of benzene rings is 2. The third-order valence-electron chi connectivity index (χ3n) is 3.57. The highest BCUT2D eigenvalue weighted by Crippen LogP contribution is 2.30. The molecule has 1 heterocycles. The van der Waals surface area contributed by atoms with Crippen molar-refractivity contribution in [3.63, 3.8) is 0 Å². The second-order valence-electron chi connectivity index (χ2n) is 5.78. The van der Waals surface area contributed by atoms with Crippen LogP contribution in [-0.2, 0) is 10.0 Å². The fraction of sp³-hybridized carbons (Fsp3) is 0.235. The zero-order chi connectivity index (χ0) is 18.7. The molecule has 0 unspecified atom stereocenters. The van der Waals surface area contributed by atoms with Crippen LogP contribution in [0.1, 0.15) is 10.4 Å². The van der Waals surface area contributed by atoms with Crippen LogP contribution in [-0.4, -0.2) is 39.8 Å². The molecule has 0 spiro atoms. The number of carbonyl (C=O) groups is 1. The largest absolute Gasteiger partial charge is 0.486 e. The van der Waals surface area contributed by atoms with Gasteiger partial charge in [0.25, 0.3) is 5.91 Å². The first-order valence-corrected chi connectivity index (χ1v) is 10.0. The van der Waals surface area contributed by atoms with Crippen molar-refractivity contribution < 1.29 is 22.7 Å². The maximum Gasteiger partial charge on any atom is 0.252 e. The predicted molar refractivity (Wildman–Crippen MR) is 98.6 cm³/mol. The molecule has 0 bridgehead atoms. The van der Waals surface area contributed by atoms with E-state index in [-0.39, 0.29) is 34.8 Å².